The van der Waals surface area contributed by atoms with Crippen LogP contribution in [0.1, 0.15) is 0 Å². The van der Waals surface area contributed by atoms with Gasteiger partial charge in [0.25, 0.3) is 0 Å². The van der Waals surface area contributed by atoms with E-state index in [0.717, 1.165) is 22.5 Å². The largest absolute Gasteiger partial charge is 0.497 e. The maximum atomic E-state index is 10.8. The smallest absolute Gasteiger partial charge is 0.313 e. The van der Waals surface area contributed by atoms with E-state index in [1.54, 1.807) is 18.4 Å². The van der Waals surface area contributed by atoms with Crippen LogP contribution in [-0.4, -0.2) is 33.5 Å². The molecule has 3 aromatic rings. The highest BCUT2D eigenvalue weighted by atomic mass is 32.2. The van der Waals surface area contributed by atoms with E-state index in [-0.39, 0.29) is 5.75 Å². The molecule has 0 radical (unpaired) electrons. The van der Waals surface area contributed by atoms with Crippen molar-refractivity contribution in [3.05, 3.63) is 35.0 Å². The van der Waals surface area contributed by atoms with Gasteiger partial charge in [0.15, 0.2) is 5.16 Å². The molecule has 0 bridgehead atoms. The third-order valence-electron chi connectivity index (χ3n) is 2.92. The third-order valence-corrected chi connectivity index (χ3v) is 4.51. The van der Waals surface area contributed by atoms with Gasteiger partial charge in [0, 0.05) is 11.4 Å². The molecule has 0 aliphatic carbocycles. The zero-order valence-corrected chi connectivity index (χ0v) is 12.8. The summed E-state index contributed by atoms with van der Waals surface area (Å²) in [5.74, 6) is -0.139. The molecule has 0 fully saturated rings. The number of methoxy groups -OCH3 is 1. The number of benzene rings is 1. The second-order valence-electron chi connectivity index (χ2n) is 4.25. The summed E-state index contributed by atoms with van der Waals surface area (Å²) in [7, 11) is 1.62. The summed E-state index contributed by atoms with van der Waals surface area (Å²) in [6.07, 6.45) is 0. The Bertz CT molecular complexity index is 781. The molecule has 0 atom stereocenters. The summed E-state index contributed by atoms with van der Waals surface area (Å²) in [5, 5.41) is 13.5. The molecule has 0 saturated carbocycles. The number of nitrogens with zero attached hydrogens (tertiary/aromatic N) is 2. The third kappa shape index (κ3) is 2.74. The van der Waals surface area contributed by atoms with Gasteiger partial charge in [-0.25, -0.2) is 4.98 Å². The molecule has 5 nitrogen and oxygen atoms in total. The lowest BCUT2D eigenvalue weighted by Crippen LogP contribution is -2.01. The number of rotatable bonds is 5. The summed E-state index contributed by atoms with van der Waals surface area (Å²) in [6, 6.07) is 7.61. The van der Waals surface area contributed by atoms with Gasteiger partial charge in [-0.15, -0.1) is 0 Å². The van der Waals surface area contributed by atoms with Gasteiger partial charge in [-0.05, 0) is 23.6 Å². The molecule has 0 aliphatic heterocycles. The predicted molar refractivity (Wildman–Crippen MR) is 83.9 cm³/mol. The SMILES string of the molecule is COc1ccc2nc(SCC(=O)O)n(-c3ccsc3)c2c1. The first kappa shape index (κ1) is 14.0. The standard InChI is InChI=1S/C14H12N2O3S2/c1-19-10-2-3-11-12(6-10)16(9-4-5-20-7-9)14(15-11)21-8-13(17)18/h2-7H,8H2,1H3,(H,17,18). The summed E-state index contributed by atoms with van der Waals surface area (Å²) in [5.41, 5.74) is 2.69. The molecule has 0 amide bonds. The first-order chi connectivity index (χ1) is 10.2. The highest BCUT2D eigenvalue weighted by Crippen LogP contribution is 2.30. The molecule has 2 aromatic heterocycles. The van der Waals surface area contributed by atoms with Crippen LogP contribution in [0.15, 0.2) is 40.2 Å². The summed E-state index contributed by atoms with van der Waals surface area (Å²) >= 11 is 2.79. The van der Waals surface area contributed by atoms with Crippen LogP contribution in [0.2, 0.25) is 0 Å². The quantitative estimate of drug-likeness (QED) is 0.731. The topological polar surface area (TPSA) is 64.3 Å². The van der Waals surface area contributed by atoms with Gasteiger partial charge in [0.05, 0.1) is 29.6 Å². The van der Waals surface area contributed by atoms with Crippen LogP contribution < -0.4 is 4.74 Å². The van der Waals surface area contributed by atoms with Crippen molar-refractivity contribution in [2.75, 3.05) is 12.9 Å². The molecule has 1 N–H and O–H groups in total. The van der Waals surface area contributed by atoms with Crippen molar-refractivity contribution < 1.29 is 14.6 Å². The molecular formula is C14H12N2O3S2. The second-order valence-corrected chi connectivity index (χ2v) is 5.97. The lowest BCUT2D eigenvalue weighted by molar-refractivity contribution is -0.133. The van der Waals surface area contributed by atoms with Crippen molar-refractivity contribution in [3.8, 4) is 11.4 Å². The fourth-order valence-electron chi connectivity index (χ4n) is 2.02. The number of carboxylic acids is 1. The Balaban J connectivity index is 2.16. The fraction of sp³-hybridized carbons (Fsp3) is 0.143. The van der Waals surface area contributed by atoms with Gasteiger partial charge in [0.2, 0.25) is 0 Å². The minimum Gasteiger partial charge on any atom is -0.497 e. The van der Waals surface area contributed by atoms with E-state index in [4.69, 9.17) is 9.84 Å². The Morgan fingerprint density at radius 1 is 1.48 bits per heavy atom. The van der Waals surface area contributed by atoms with Crippen LogP contribution in [0.4, 0.5) is 0 Å². The maximum absolute atomic E-state index is 10.8. The molecule has 21 heavy (non-hydrogen) atoms. The molecule has 0 unspecified atom stereocenters. The minimum absolute atomic E-state index is 0.0232. The lowest BCUT2D eigenvalue weighted by atomic mass is 10.3. The first-order valence-corrected chi connectivity index (χ1v) is 8.05. The van der Waals surface area contributed by atoms with Crippen LogP contribution in [0.5, 0.6) is 5.75 Å². The zero-order chi connectivity index (χ0) is 14.8. The summed E-state index contributed by atoms with van der Waals surface area (Å²) in [4.78, 5) is 15.3. The number of thiophene rings is 1. The lowest BCUT2D eigenvalue weighted by Gasteiger charge is -2.06. The average molecular weight is 320 g/mol. The zero-order valence-electron chi connectivity index (χ0n) is 11.1. The van der Waals surface area contributed by atoms with E-state index in [2.05, 4.69) is 4.98 Å². The molecule has 2 heterocycles. The minimum atomic E-state index is -0.860. The van der Waals surface area contributed by atoms with E-state index in [9.17, 15) is 4.79 Å². The molecule has 7 heteroatoms. The Hall–Kier alpha value is -1.99. The van der Waals surface area contributed by atoms with Gasteiger partial charge in [-0.1, -0.05) is 11.8 Å². The van der Waals surface area contributed by atoms with Crippen LogP contribution >= 0.6 is 23.1 Å². The number of carbonyl (C=O) groups is 1. The van der Waals surface area contributed by atoms with Crippen molar-refractivity contribution in [3.63, 3.8) is 0 Å². The van der Waals surface area contributed by atoms with Gasteiger partial charge < -0.3 is 9.84 Å². The molecule has 0 spiro atoms. The van der Waals surface area contributed by atoms with E-state index in [0.29, 0.717) is 5.16 Å². The van der Waals surface area contributed by atoms with E-state index >= 15 is 0 Å². The molecule has 108 valence electrons. The molecule has 1 aromatic carbocycles. The molecular weight excluding hydrogens is 308 g/mol. The van der Waals surface area contributed by atoms with Gasteiger partial charge in [-0.2, -0.15) is 11.3 Å². The molecule has 0 aliphatic rings. The Kier molecular flexibility index (Phi) is 3.85. The van der Waals surface area contributed by atoms with Gasteiger partial charge in [0.1, 0.15) is 5.75 Å². The fourth-order valence-corrected chi connectivity index (χ4v) is 3.39. The number of carboxylic acid groups (broad SMARTS) is 1. The normalized spacial score (nSPS) is 10.9. The average Bonchev–Trinajstić information content (AvgIpc) is 3.10. The molecule has 3 rings (SSSR count). The van der Waals surface area contributed by atoms with Gasteiger partial charge >= 0.3 is 5.97 Å². The summed E-state index contributed by atoms with van der Waals surface area (Å²) < 4.78 is 7.22. The van der Waals surface area contributed by atoms with Gasteiger partial charge in [-0.3, -0.25) is 9.36 Å². The van der Waals surface area contributed by atoms with Crippen molar-refractivity contribution in [1.29, 1.82) is 0 Å². The Morgan fingerprint density at radius 2 is 2.33 bits per heavy atom. The van der Waals surface area contributed by atoms with E-state index in [1.807, 2.05) is 39.6 Å². The van der Waals surface area contributed by atoms with Crippen molar-refractivity contribution in [2.45, 2.75) is 5.16 Å². The van der Waals surface area contributed by atoms with Crippen molar-refractivity contribution in [1.82, 2.24) is 9.55 Å². The highest BCUT2D eigenvalue weighted by Gasteiger charge is 2.15. The summed E-state index contributed by atoms with van der Waals surface area (Å²) in [6.45, 7) is 0. The monoisotopic (exact) mass is 320 g/mol. The number of hydrogen-bond acceptors (Lipinski definition) is 5. The Labute approximate surface area is 129 Å². The number of aliphatic carboxylic acids is 1. The maximum Gasteiger partial charge on any atom is 0.313 e. The number of ether oxygens (including phenoxy) is 1. The highest BCUT2D eigenvalue weighted by molar-refractivity contribution is 7.99. The number of hydrogen-bond donors (Lipinski definition) is 1. The number of thioether (sulfide) groups is 1. The first-order valence-electron chi connectivity index (χ1n) is 6.12. The van der Waals surface area contributed by atoms with E-state index < -0.39 is 5.97 Å². The predicted octanol–water partition coefficient (Wildman–Crippen LogP) is 3.27. The molecule has 0 saturated heterocycles. The second kappa shape index (κ2) is 5.79. The number of fused-ring (bicyclic) bond motifs is 1. The Morgan fingerprint density at radius 3 is 3.00 bits per heavy atom. The van der Waals surface area contributed by atoms with E-state index in [1.165, 1.54) is 11.8 Å². The van der Waals surface area contributed by atoms with Crippen LogP contribution in [0.3, 0.4) is 0 Å². The van der Waals surface area contributed by atoms with Crippen molar-refractivity contribution in [2.24, 2.45) is 0 Å². The number of imidazole rings is 1. The van der Waals surface area contributed by atoms with Crippen LogP contribution in [0.25, 0.3) is 16.7 Å². The number of aromatic nitrogens is 2. The van der Waals surface area contributed by atoms with Crippen LogP contribution in [0, 0.1) is 0 Å². The van der Waals surface area contributed by atoms with Crippen molar-refractivity contribution >= 4 is 40.1 Å². The van der Waals surface area contributed by atoms with Crippen LogP contribution in [-0.2, 0) is 4.79 Å².